The predicted molar refractivity (Wildman–Crippen MR) is 216 cm³/mol. The second-order valence-corrected chi connectivity index (χ2v) is 13.5. The van der Waals surface area contributed by atoms with Crippen molar-refractivity contribution in [3.05, 3.63) is 180 Å². The monoisotopic (exact) mass is 744 g/mol. The van der Waals surface area contributed by atoms with E-state index < -0.39 is 11.7 Å². The minimum absolute atomic E-state index is 0.373. The molecular formula is C48H27F3N6. The van der Waals surface area contributed by atoms with Crippen LogP contribution in [-0.4, -0.2) is 19.5 Å². The van der Waals surface area contributed by atoms with Crippen molar-refractivity contribution in [3.8, 4) is 74.2 Å². The number of aromatic nitrogens is 4. The van der Waals surface area contributed by atoms with Gasteiger partial charge in [0.05, 0.1) is 45.5 Å². The largest absolute Gasteiger partial charge is 0.416 e. The van der Waals surface area contributed by atoms with Crippen LogP contribution in [-0.2, 0) is 6.18 Å². The molecule has 0 radical (unpaired) electrons. The first-order valence-corrected chi connectivity index (χ1v) is 18.0. The van der Waals surface area contributed by atoms with E-state index in [1.165, 1.54) is 12.1 Å². The van der Waals surface area contributed by atoms with Crippen LogP contribution in [0.4, 0.5) is 13.2 Å². The van der Waals surface area contributed by atoms with E-state index in [1.807, 2.05) is 121 Å². The quantitative estimate of drug-likeness (QED) is 0.169. The lowest BCUT2D eigenvalue weighted by Gasteiger charge is -2.17. The Hall–Kier alpha value is -7.88. The van der Waals surface area contributed by atoms with Crippen LogP contribution in [0.15, 0.2) is 164 Å². The normalized spacial score (nSPS) is 11.4. The summed E-state index contributed by atoms with van der Waals surface area (Å²) >= 11 is 0. The minimum Gasteiger partial charge on any atom is -0.309 e. The first-order chi connectivity index (χ1) is 27.8. The standard InChI is InChI=1S/C48H27F3N6/c49-48(50,51)38-15-9-14-35(25-38)39-20-18-36(47-55-45(32-10-3-1-4-11-32)54-46(56-47)33-12-5-2-6-13-33)27-44(39)57-42-17-8-7-16-40(42)41-26-34(19-21-43(41)57)37-23-30(28-52)22-31(24-37)29-53/h1-27H. The summed E-state index contributed by atoms with van der Waals surface area (Å²) in [5, 5.41) is 21.1. The van der Waals surface area contributed by atoms with Crippen LogP contribution >= 0.6 is 0 Å². The maximum absolute atomic E-state index is 14.1. The fourth-order valence-corrected chi connectivity index (χ4v) is 7.24. The highest BCUT2D eigenvalue weighted by atomic mass is 19.4. The Bertz CT molecular complexity index is 2990. The van der Waals surface area contributed by atoms with Crippen molar-refractivity contribution in [2.24, 2.45) is 0 Å². The fraction of sp³-hybridized carbons (Fsp3) is 0.0208. The molecule has 7 aromatic carbocycles. The van der Waals surface area contributed by atoms with Crippen molar-refractivity contribution < 1.29 is 13.2 Å². The van der Waals surface area contributed by atoms with Crippen LogP contribution in [0.2, 0.25) is 0 Å². The molecule has 0 saturated heterocycles. The van der Waals surface area contributed by atoms with Gasteiger partial charge in [-0.1, -0.05) is 109 Å². The summed E-state index contributed by atoms with van der Waals surface area (Å²) < 4.78 is 44.4. The third kappa shape index (κ3) is 6.54. The van der Waals surface area contributed by atoms with Gasteiger partial charge in [-0.15, -0.1) is 0 Å². The molecule has 0 bridgehead atoms. The smallest absolute Gasteiger partial charge is 0.309 e. The zero-order chi connectivity index (χ0) is 39.1. The van der Waals surface area contributed by atoms with E-state index in [2.05, 4.69) is 16.7 Å². The molecule has 0 fully saturated rings. The lowest BCUT2D eigenvalue weighted by Crippen LogP contribution is -2.05. The van der Waals surface area contributed by atoms with Crippen molar-refractivity contribution in [2.75, 3.05) is 0 Å². The van der Waals surface area contributed by atoms with Gasteiger partial charge in [-0.25, -0.2) is 15.0 Å². The van der Waals surface area contributed by atoms with Gasteiger partial charge in [-0.05, 0) is 71.3 Å². The van der Waals surface area contributed by atoms with Crippen molar-refractivity contribution in [3.63, 3.8) is 0 Å². The number of benzene rings is 7. The van der Waals surface area contributed by atoms with E-state index in [1.54, 1.807) is 24.3 Å². The summed E-state index contributed by atoms with van der Waals surface area (Å²) in [6.07, 6.45) is -4.54. The van der Waals surface area contributed by atoms with E-state index in [0.717, 1.165) is 44.6 Å². The number of alkyl halides is 3. The highest BCUT2D eigenvalue weighted by Gasteiger charge is 2.31. The average molecular weight is 745 g/mol. The van der Waals surface area contributed by atoms with Crippen molar-refractivity contribution in [1.29, 1.82) is 10.5 Å². The van der Waals surface area contributed by atoms with Gasteiger partial charge in [0, 0.05) is 33.0 Å². The highest BCUT2D eigenvalue weighted by Crippen LogP contribution is 2.41. The molecule has 0 atom stereocenters. The van der Waals surface area contributed by atoms with Crippen molar-refractivity contribution in [1.82, 2.24) is 19.5 Å². The molecule has 0 amide bonds. The molecular weight excluding hydrogens is 718 g/mol. The molecule has 6 nitrogen and oxygen atoms in total. The van der Waals surface area contributed by atoms with Gasteiger partial charge in [0.15, 0.2) is 17.5 Å². The van der Waals surface area contributed by atoms with Gasteiger partial charge in [0.1, 0.15) is 0 Å². The Morgan fingerprint density at radius 1 is 0.439 bits per heavy atom. The average Bonchev–Trinajstić information content (AvgIpc) is 3.59. The highest BCUT2D eigenvalue weighted by molar-refractivity contribution is 6.11. The summed E-state index contributed by atoms with van der Waals surface area (Å²) in [6, 6.07) is 53.2. The Morgan fingerprint density at radius 2 is 1.00 bits per heavy atom. The predicted octanol–water partition coefficient (Wildman–Crippen LogP) is 12.1. The van der Waals surface area contributed by atoms with Gasteiger partial charge >= 0.3 is 6.18 Å². The van der Waals surface area contributed by atoms with Crippen LogP contribution in [0.5, 0.6) is 0 Å². The molecule has 0 aliphatic carbocycles. The first kappa shape index (κ1) is 34.9. The Morgan fingerprint density at radius 3 is 1.63 bits per heavy atom. The number of halogens is 3. The summed E-state index contributed by atoms with van der Waals surface area (Å²) in [5.41, 5.74) is 6.95. The lowest BCUT2D eigenvalue weighted by molar-refractivity contribution is -0.137. The lowest BCUT2D eigenvalue weighted by atomic mass is 9.98. The topological polar surface area (TPSA) is 91.2 Å². The number of nitriles is 2. The Balaban J connectivity index is 1.31. The first-order valence-electron chi connectivity index (χ1n) is 18.0. The summed E-state index contributed by atoms with van der Waals surface area (Å²) in [6.45, 7) is 0. The van der Waals surface area contributed by atoms with Crippen molar-refractivity contribution >= 4 is 21.8 Å². The summed E-state index contributed by atoms with van der Waals surface area (Å²) in [5.74, 6) is 1.35. The number of rotatable bonds is 6. The van der Waals surface area contributed by atoms with E-state index in [-0.39, 0.29) is 0 Å². The van der Waals surface area contributed by atoms with Crippen LogP contribution in [0.1, 0.15) is 16.7 Å². The van der Waals surface area contributed by atoms with Crippen molar-refractivity contribution in [2.45, 2.75) is 6.18 Å². The maximum Gasteiger partial charge on any atom is 0.416 e. The maximum atomic E-state index is 14.1. The molecule has 0 N–H and O–H groups in total. The third-order valence-corrected chi connectivity index (χ3v) is 9.89. The minimum atomic E-state index is -4.54. The second-order valence-electron chi connectivity index (χ2n) is 13.5. The molecule has 9 rings (SSSR count). The number of para-hydroxylation sites is 1. The van der Waals surface area contributed by atoms with E-state index in [4.69, 9.17) is 15.0 Å². The molecule has 9 heteroatoms. The van der Waals surface area contributed by atoms with Gasteiger partial charge < -0.3 is 4.57 Å². The van der Waals surface area contributed by atoms with Crippen LogP contribution in [0.25, 0.3) is 83.9 Å². The van der Waals surface area contributed by atoms with E-state index >= 15 is 0 Å². The number of hydrogen-bond donors (Lipinski definition) is 0. The fourth-order valence-electron chi connectivity index (χ4n) is 7.24. The number of hydrogen-bond acceptors (Lipinski definition) is 5. The molecule has 0 unspecified atom stereocenters. The molecule has 2 heterocycles. The van der Waals surface area contributed by atoms with E-state index in [9.17, 15) is 23.7 Å². The summed E-state index contributed by atoms with van der Waals surface area (Å²) in [4.78, 5) is 14.7. The SMILES string of the molecule is N#Cc1cc(C#N)cc(-c2ccc3c(c2)c2ccccc2n3-c2cc(-c3nc(-c4ccccc4)nc(-c4ccccc4)n3)ccc2-c2cccc(C(F)(F)F)c2)c1. The summed E-state index contributed by atoms with van der Waals surface area (Å²) in [7, 11) is 0. The number of nitrogens with zero attached hydrogens (tertiary/aromatic N) is 6. The third-order valence-electron chi connectivity index (χ3n) is 9.89. The second kappa shape index (κ2) is 14.1. The molecule has 0 aliphatic rings. The molecule has 270 valence electrons. The molecule has 2 aromatic heterocycles. The molecule has 0 aliphatic heterocycles. The van der Waals surface area contributed by atoms with Crippen LogP contribution < -0.4 is 0 Å². The van der Waals surface area contributed by atoms with E-state index in [0.29, 0.717) is 56.5 Å². The zero-order valence-corrected chi connectivity index (χ0v) is 29.9. The van der Waals surface area contributed by atoms with Crippen LogP contribution in [0, 0.1) is 22.7 Å². The Kier molecular flexibility index (Phi) is 8.61. The van der Waals surface area contributed by atoms with Gasteiger partial charge in [-0.2, -0.15) is 23.7 Å². The van der Waals surface area contributed by atoms with Crippen LogP contribution in [0.3, 0.4) is 0 Å². The Labute approximate surface area is 325 Å². The number of fused-ring (bicyclic) bond motifs is 3. The van der Waals surface area contributed by atoms with Gasteiger partial charge in [0.25, 0.3) is 0 Å². The molecule has 0 spiro atoms. The molecule has 0 saturated carbocycles. The zero-order valence-electron chi connectivity index (χ0n) is 29.9. The molecule has 57 heavy (non-hydrogen) atoms. The van der Waals surface area contributed by atoms with Gasteiger partial charge in [0.2, 0.25) is 0 Å². The molecule has 9 aromatic rings. The van der Waals surface area contributed by atoms with Gasteiger partial charge in [-0.3, -0.25) is 0 Å².